The van der Waals surface area contributed by atoms with E-state index in [1.165, 1.54) is 37.1 Å². The number of hydrogen-bond donors (Lipinski definition) is 1. The quantitative estimate of drug-likeness (QED) is 0.830. The first-order valence-corrected chi connectivity index (χ1v) is 6.97. The van der Waals surface area contributed by atoms with Gasteiger partial charge in [-0.25, -0.2) is 0 Å². The van der Waals surface area contributed by atoms with Gasteiger partial charge in [0.15, 0.2) is 0 Å². The standard InChI is InChI=1S/C15H25N3/c1-17(11-8-16)12-14-6-2-3-7-15(14)13-18-9-4-5-10-18/h2-3,6-7H,4-5,8-13,16H2,1H3. The molecule has 0 aromatic heterocycles. The van der Waals surface area contributed by atoms with E-state index in [1.807, 2.05) is 0 Å². The van der Waals surface area contributed by atoms with Crippen LogP contribution >= 0.6 is 0 Å². The van der Waals surface area contributed by atoms with Crippen LogP contribution in [0.2, 0.25) is 0 Å². The molecule has 0 radical (unpaired) electrons. The molecule has 1 aliphatic heterocycles. The van der Waals surface area contributed by atoms with E-state index in [1.54, 1.807) is 0 Å². The Hall–Kier alpha value is -0.900. The SMILES string of the molecule is CN(CCN)Cc1ccccc1CN1CCCC1. The Morgan fingerprint density at radius 3 is 2.50 bits per heavy atom. The zero-order chi connectivity index (χ0) is 12.8. The minimum atomic E-state index is 0.727. The summed E-state index contributed by atoms with van der Waals surface area (Å²) >= 11 is 0. The number of nitrogens with zero attached hydrogens (tertiary/aromatic N) is 2. The van der Waals surface area contributed by atoms with Crippen LogP contribution in [0.1, 0.15) is 24.0 Å². The van der Waals surface area contributed by atoms with Crippen LogP contribution < -0.4 is 5.73 Å². The van der Waals surface area contributed by atoms with Gasteiger partial charge in [0.1, 0.15) is 0 Å². The van der Waals surface area contributed by atoms with Crippen LogP contribution in [-0.2, 0) is 13.1 Å². The fourth-order valence-corrected chi connectivity index (χ4v) is 2.64. The molecule has 0 saturated carbocycles. The monoisotopic (exact) mass is 247 g/mol. The summed E-state index contributed by atoms with van der Waals surface area (Å²) in [6.45, 7) is 6.30. The van der Waals surface area contributed by atoms with Gasteiger partial charge in [0, 0.05) is 26.2 Å². The maximum absolute atomic E-state index is 5.60. The molecule has 0 unspecified atom stereocenters. The summed E-state index contributed by atoms with van der Waals surface area (Å²) in [5.41, 5.74) is 8.52. The summed E-state index contributed by atoms with van der Waals surface area (Å²) in [5, 5.41) is 0. The van der Waals surface area contributed by atoms with Crippen LogP contribution in [0.15, 0.2) is 24.3 Å². The van der Waals surface area contributed by atoms with Crippen molar-refractivity contribution in [1.82, 2.24) is 9.80 Å². The lowest BCUT2D eigenvalue weighted by molar-refractivity contribution is 0.316. The van der Waals surface area contributed by atoms with Crippen molar-refractivity contribution in [1.29, 1.82) is 0 Å². The summed E-state index contributed by atoms with van der Waals surface area (Å²) in [5.74, 6) is 0. The number of benzene rings is 1. The molecular weight excluding hydrogens is 222 g/mol. The molecule has 0 amide bonds. The van der Waals surface area contributed by atoms with Crippen molar-refractivity contribution in [3.8, 4) is 0 Å². The largest absolute Gasteiger partial charge is 0.329 e. The lowest BCUT2D eigenvalue weighted by Crippen LogP contribution is -2.26. The Bertz CT molecular complexity index is 359. The molecule has 0 aliphatic carbocycles. The molecule has 18 heavy (non-hydrogen) atoms. The molecule has 1 saturated heterocycles. The van der Waals surface area contributed by atoms with Crippen LogP contribution in [0.4, 0.5) is 0 Å². The summed E-state index contributed by atoms with van der Waals surface area (Å²) < 4.78 is 0. The molecule has 2 N–H and O–H groups in total. The van der Waals surface area contributed by atoms with Gasteiger partial charge < -0.3 is 10.6 Å². The molecular formula is C15H25N3. The second kappa shape index (κ2) is 6.88. The van der Waals surface area contributed by atoms with Crippen LogP contribution in [0, 0.1) is 0 Å². The molecule has 1 aromatic rings. The lowest BCUT2D eigenvalue weighted by Gasteiger charge is -2.21. The van der Waals surface area contributed by atoms with Crippen molar-refractivity contribution in [2.24, 2.45) is 5.73 Å². The van der Waals surface area contributed by atoms with E-state index in [0.717, 1.165) is 26.2 Å². The topological polar surface area (TPSA) is 32.5 Å². The number of likely N-dealkylation sites (N-methyl/N-ethyl adjacent to an activating group) is 1. The van der Waals surface area contributed by atoms with Gasteiger partial charge in [0.05, 0.1) is 0 Å². The molecule has 1 fully saturated rings. The predicted octanol–water partition coefficient (Wildman–Crippen LogP) is 1.67. The average Bonchev–Trinajstić information content (AvgIpc) is 2.85. The molecule has 2 rings (SSSR count). The number of hydrogen-bond acceptors (Lipinski definition) is 3. The fraction of sp³-hybridized carbons (Fsp3) is 0.600. The van der Waals surface area contributed by atoms with Crippen molar-refractivity contribution in [3.63, 3.8) is 0 Å². The second-order valence-electron chi connectivity index (χ2n) is 5.28. The van der Waals surface area contributed by atoms with Crippen molar-refractivity contribution in [2.45, 2.75) is 25.9 Å². The predicted molar refractivity (Wildman–Crippen MR) is 76.3 cm³/mol. The number of nitrogens with two attached hydrogens (primary N) is 1. The van der Waals surface area contributed by atoms with E-state index >= 15 is 0 Å². The fourth-order valence-electron chi connectivity index (χ4n) is 2.64. The summed E-state index contributed by atoms with van der Waals surface area (Å²) in [6.07, 6.45) is 2.71. The second-order valence-corrected chi connectivity index (χ2v) is 5.28. The van der Waals surface area contributed by atoms with Crippen LogP contribution in [0.5, 0.6) is 0 Å². The maximum Gasteiger partial charge on any atom is 0.0236 e. The van der Waals surface area contributed by atoms with Gasteiger partial charge >= 0.3 is 0 Å². The highest BCUT2D eigenvalue weighted by Crippen LogP contribution is 2.17. The van der Waals surface area contributed by atoms with Crippen molar-refractivity contribution in [3.05, 3.63) is 35.4 Å². The van der Waals surface area contributed by atoms with E-state index in [0.29, 0.717) is 0 Å². The highest BCUT2D eigenvalue weighted by atomic mass is 15.1. The normalized spacial score (nSPS) is 16.6. The van der Waals surface area contributed by atoms with Gasteiger partial charge in [-0.15, -0.1) is 0 Å². The van der Waals surface area contributed by atoms with Gasteiger partial charge in [-0.2, -0.15) is 0 Å². The molecule has 0 spiro atoms. The van der Waals surface area contributed by atoms with E-state index < -0.39 is 0 Å². The highest BCUT2D eigenvalue weighted by molar-refractivity contribution is 5.27. The van der Waals surface area contributed by atoms with E-state index in [2.05, 4.69) is 41.1 Å². The smallest absolute Gasteiger partial charge is 0.0236 e. The zero-order valence-corrected chi connectivity index (χ0v) is 11.4. The minimum Gasteiger partial charge on any atom is -0.329 e. The summed E-state index contributed by atoms with van der Waals surface area (Å²) in [7, 11) is 2.14. The van der Waals surface area contributed by atoms with Crippen LogP contribution in [0.3, 0.4) is 0 Å². The lowest BCUT2D eigenvalue weighted by atomic mass is 10.1. The Morgan fingerprint density at radius 2 is 1.83 bits per heavy atom. The molecule has 1 heterocycles. The molecule has 0 bridgehead atoms. The Labute approximate surface area is 111 Å². The van der Waals surface area contributed by atoms with Crippen LogP contribution in [0.25, 0.3) is 0 Å². The van der Waals surface area contributed by atoms with Gasteiger partial charge in [-0.1, -0.05) is 24.3 Å². The Morgan fingerprint density at radius 1 is 1.17 bits per heavy atom. The Balaban J connectivity index is 2.00. The third-order valence-electron chi connectivity index (χ3n) is 3.66. The summed E-state index contributed by atoms with van der Waals surface area (Å²) in [4.78, 5) is 4.85. The van der Waals surface area contributed by atoms with Gasteiger partial charge in [0.25, 0.3) is 0 Å². The highest BCUT2D eigenvalue weighted by Gasteiger charge is 2.13. The first-order valence-electron chi connectivity index (χ1n) is 6.97. The molecule has 100 valence electrons. The van der Waals surface area contributed by atoms with Gasteiger partial charge in [-0.05, 0) is 44.1 Å². The maximum atomic E-state index is 5.60. The van der Waals surface area contributed by atoms with E-state index in [4.69, 9.17) is 5.73 Å². The van der Waals surface area contributed by atoms with Crippen molar-refractivity contribution < 1.29 is 0 Å². The molecule has 3 heteroatoms. The zero-order valence-electron chi connectivity index (χ0n) is 11.4. The molecule has 0 atom stereocenters. The van der Waals surface area contributed by atoms with Crippen LogP contribution in [-0.4, -0.2) is 43.0 Å². The summed E-state index contributed by atoms with van der Waals surface area (Å²) in [6, 6.07) is 8.80. The first kappa shape index (κ1) is 13.5. The third kappa shape index (κ3) is 3.80. The molecule has 1 aliphatic rings. The van der Waals surface area contributed by atoms with Gasteiger partial charge in [0.2, 0.25) is 0 Å². The van der Waals surface area contributed by atoms with Crippen molar-refractivity contribution >= 4 is 0 Å². The Kier molecular flexibility index (Phi) is 5.17. The first-order chi connectivity index (χ1) is 8.79. The molecule has 1 aromatic carbocycles. The van der Waals surface area contributed by atoms with E-state index in [9.17, 15) is 0 Å². The third-order valence-corrected chi connectivity index (χ3v) is 3.66. The van der Waals surface area contributed by atoms with E-state index in [-0.39, 0.29) is 0 Å². The van der Waals surface area contributed by atoms with Gasteiger partial charge in [-0.3, -0.25) is 4.90 Å². The number of rotatable bonds is 6. The molecule has 3 nitrogen and oxygen atoms in total. The van der Waals surface area contributed by atoms with Crippen molar-refractivity contribution in [2.75, 3.05) is 33.2 Å². The average molecular weight is 247 g/mol. The number of likely N-dealkylation sites (tertiary alicyclic amines) is 1. The minimum absolute atomic E-state index is 0.727.